The highest BCUT2D eigenvalue weighted by Gasteiger charge is 2.28. The van der Waals surface area contributed by atoms with Crippen LogP contribution in [0.2, 0.25) is 0 Å². The van der Waals surface area contributed by atoms with E-state index in [-0.39, 0.29) is 0 Å². The summed E-state index contributed by atoms with van der Waals surface area (Å²) in [5.41, 5.74) is 4.77. The minimum Gasteiger partial charge on any atom is -0.389 e. The standard InChI is InChI=1S/C17H18BrNO/c1-11-9-14-5-3-4-6-16(14)19(11)17-8-7-13(12(2)20)10-15(17)18/h3-8,10-12,20H,9H2,1-2H3/t11?,12-/m1/s1. The van der Waals surface area contributed by atoms with Gasteiger partial charge in [0.25, 0.3) is 0 Å². The molecule has 2 nitrogen and oxygen atoms in total. The maximum absolute atomic E-state index is 9.68. The fraction of sp³-hybridized carbons (Fsp3) is 0.294. The third-order valence-corrected chi connectivity index (χ3v) is 4.56. The van der Waals surface area contributed by atoms with Gasteiger partial charge in [-0.25, -0.2) is 0 Å². The van der Waals surface area contributed by atoms with Gasteiger partial charge in [0.05, 0.1) is 11.8 Å². The molecule has 0 aromatic heterocycles. The molecular formula is C17H18BrNO. The molecule has 20 heavy (non-hydrogen) atoms. The number of anilines is 2. The van der Waals surface area contributed by atoms with Gasteiger partial charge in [-0.1, -0.05) is 24.3 Å². The third kappa shape index (κ3) is 2.25. The smallest absolute Gasteiger partial charge is 0.0762 e. The van der Waals surface area contributed by atoms with Gasteiger partial charge in [0.1, 0.15) is 0 Å². The van der Waals surface area contributed by atoms with Crippen LogP contribution in [0.1, 0.15) is 31.1 Å². The van der Waals surface area contributed by atoms with Crippen molar-refractivity contribution >= 4 is 27.3 Å². The van der Waals surface area contributed by atoms with E-state index in [0.717, 1.165) is 22.1 Å². The number of aliphatic hydroxyl groups is 1. The molecule has 1 aliphatic heterocycles. The molecule has 1 heterocycles. The van der Waals surface area contributed by atoms with Crippen LogP contribution in [-0.4, -0.2) is 11.1 Å². The van der Waals surface area contributed by atoms with Gasteiger partial charge in [-0.3, -0.25) is 0 Å². The van der Waals surface area contributed by atoms with E-state index >= 15 is 0 Å². The van der Waals surface area contributed by atoms with E-state index in [1.807, 2.05) is 12.1 Å². The molecule has 0 fully saturated rings. The van der Waals surface area contributed by atoms with Gasteiger partial charge < -0.3 is 10.0 Å². The average molecular weight is 332 g/mol. The van der Waals surface area contributed by atoms with Gasteiger partial charge in [0.15, 0.2) is 0 Å². The predicted molar refractivity (Wildman–Crippen MR) is 86.5 cm³/mol. The van der Waals surface area contributed by atoms with E-state index in [2.05, 4.69) is 58.1 Å². The second-order valence-electron chi connectivity index (χ2n) is 5.44. The molecule has 1 aliphatic rings. The largest absolute Gasteiger partial charge is 0.389 e. The fourth-order valence-electron chi connectivity index (χ4n) is 2.91. The maximum atomic E-state index is 9.68. The fourth-order valence-corrected chi connectivity index (χ4v) is 3.50. The Morgan fingerprint density at radius 2 is 1.95 bits per heavy atom. The molecule has 104 valence electrons. The number of hydrogen-bond donors (Lipinski definition) is 1. The highest BCUT2D eigenvalue weighted by atomic mass is 79.9. The summed E-state index contributed by atoms with van der Waals surface area (Å²) in [6.45, 7) is 4.03. The first-order valence-electron chi connectivity index (χ1n) is 6.92. The van der Waals surface area contributed by atoms with E-state index in [0.29, 0.717) is 6.04 Å². The Labute approximate surface area is 128 Å². The van der Waals surface area contributed by atoms with Gasteiger partial charge >= 0.3 is 0 Å². The zero-order valence-electron chi connectivity index (χ0n) is 11.7. The summed E-state index contributed by atoms with van der Waals surface area (Å²) in [4.78, 5) is 2.37. The zero-order chi connectivity index (χ0) is 14.3. The quantitative estimate of drug-likeness (QED) is 0.870. The van der Waals surface area contributed by atoms with Gasteiger partial charge in [-0.15, -0.1) is 0 Å². The normalized spacial score (nSPS) is 19.0. The van der Waals surface area contributed by atoms with Crippen LogP contribution in [0.4, 0.5) is 11.4 Å². The monoisotopic (exact) mass is 331 g/mol. The lowest BCUT2D eigenvalue weighted by Crippen LogP contribution is -2.24. The van der Waals surface area contributed by atoms with E-state index < -0.39 is 6.10 Å². The molecule has 1 N–H and O–H groups in total. The number of aliphatic hydroxyl groups excluding tert-OH is 1. The van der Waals surface area contributed by atoms with Crippen molar-refractivity contribution in [1.29, 1.82) is 0 Å². The molecule has 3 rings (SSSR count). The number of nitrogens with zero attached hydrogens (tertiary/aromatic N) is 1. The molecule has 0 spiro atoms. The molecule has 2 aromatic carbocycles. The van der Waals surface area contributed by atoms with Crippen LogP contribution >= 0.6 is 15.9 Å². The number of benzene rings is 2. The highest BCUT2D eigenvalue weighted by molar-refractivity contribution is 9.10. The first-order chi connectivity index (χ1) is 9.58. The molecule has 2 aromatic rings. The topological polar surface area (TPSA) is 23.5 Å². The second kappa shape index (κ2) is 5.23. The van der Waals surface area contributed by atoms with E-state index in [1.165, 1.54) is 11.3 Å². The van der Waals surface area contributed by atoms with Crippen LogP contribution in [0, 0.1) is 0 Å². The molecule has 1 unspecified atom stereocenters. The third-order valence-electron chi connectivity index (χ3n) is 3.92. The van der Waals surface area contributed by atoms with Gasteiger partial charge in [-0.05, 0) is 65.5 Å². The molecule has 0 bridgehead atoms. The Hall–Kier alpha value is -1.32. The van der Waals surface area contributed by atoms with Gasteiger partial charge in [0, 0.05) is 16.2 Å². The van der Waals surface area contributed by atoms with Crippen molar-refractivity contribution in [3.63, 3.8) is 0 Å². The predicted octanol–water partition coefficient (Wildman–Crippen LogP) is 4.59. The summed E-state index contributed by atoms with van der Waals surface area (Å²) >= 11 is 3.65. The summed E-state index contributed by atoms with van der Waals surface area (Å²) < 4.78 is 1.03. The van der Waals surface area contributed by atoms with Crippen molar-refractivity contribution in [2.24, 2.45) is 0 Å². The van der Waals surface area contributed by atoms with Crippen LogP contribution in [-0.2, 0) is 6.42 Å². The van der Waals surface area contributed by atoms with Gasteiger partial charge in [-0.2, -0.15) is 0 Å². The summed E-state index contributed by atoms with van der Waals surface area (Å²) in [5, 5.41) is 9.68. The Morgan fingerprint density at radius 3 is 2.65 bits per heavy atom. The maximum Gasteiger partial charge on any atom is 0.0762 e. The molecule has 0 amide bonds. The van der Waals surface area contributed by atoms with Crippen LogP contribution in [0.3, 0.4) is 0 Å². The number of para-hydroxylation sites is 1. The van der Waals surface area contributed by atoms with Crippen molar-refractivity contribution in [2.45, 2.75) is 32.4 Å². The number of fused-ring (bicyclic) bond motifs is 1. The molecule has 2 atom stereocenters. The number of halogens is 1. The van der Waals surface area contributed by atoms with E-state index in [9.17, 15) is 5.11 Å². The highest BCUT2D eigenvalue weighted by Crippen LogP contribution is 2.41. The SMILES string of the molecule is CC1Cc2ccccc2N1c1ccc([C@@H](C)O)cc1Br. The van der Waals surface area contributed by atoms with E-state index in [1.54, 1.807) is 6.92 Å². The average Bonchev–Trinajstić information content (AvgIpc) is 2.74. The van der Waals surface area contributed by atoms with Crippen molar-refractivity contribution < 1.29 is 5.11 Å². The Morgan fingerprint density at radius 1 is 1.20 bits per heavy atom. The minimum absolute atomic E-state index is 0.441. The molecule has 0 saturated heterocycles. The second-order valence-corrected chi connectivity index (χ2v) is 6.29. The van der Waals surface area contributed by atoms with E-state index in [4.69, 9.17) is 0 Å². The molecule has 3 heteroatoms. The number of rotatable bonds is 2. The lowest BCUT2D eigenvalue weighted by molar-refractivity contribution is 0.199. The molecule has 0 aliphatic carbocycles. The molecule has 0 saturated carbocycles. The lowest BCUT2D eigenvalue weighted by atomic mass is 10.1. The lowest BCUT2D eigenvalue weighted by Gasteiger charge is -2.26. The Balaban J connectivity index is 2.05. The van der Waals surface area contributed by atoms with Crippen LogP contribution in [0.5, 0.6) is 0 Å². The van der Waals surface area contributed by atoms with Crippen LogP contribution in [0.25, 0.3) is 0 Å². The Kier molecular flexibility index (Phi) is 3.57. The van der Waals surface area contributed by atoms with Crippen molar-refractivity contribution in [3.8, 4) is 0 Å². The van der Waals surface area contributed by atoms with Gasteiger partial charge in [0.2, 0.25) is 0 Å². The van der Waals surface area contributed by atoms with Crippen LogP contribution in [0.15, 0.2) is 46.9 Å². The summed E-state index contributed by atoms with van der Waals surface area (Å²) in [6.07, 6.45) is 0.629. The van der Waals surface area contributed by atoms with Crippen molar-refractivity contribution in [3.05, 3.63) is 58.1 Å². The first-order valence-corrected chi connectivity index (χ1v) is 7.72. The summed E-state index contributed by atoms with van der Waals surface area (Å²) in [7, 11) is 0. The molecule has 0 radical (unpaired) electrons. The first kappa shape index (κ1) is 13.7. The zero-order valence-corrected chi connectivity index (χ0v) is 13.3. The van der Waals surface area contributed by atoms with Crippen LogP contribution < -0.4 is 4.90 Å². The van der Waals surface area contributed by atoms with Crippen molar-refractivity contribution in [1.82, 2.24) is 0 Å². The molecular weight excluding hydrogens is 314 g/mol. The summed E-state index contributed by atoms with van der Waals surface area (Å²) in [5.74, 6) is 0. The minimum atomic E-state index is -0.441. The van der Waals surface area contributed by atoms with Crippen molar-refractivity contribution in [2.75, 3.05) is 4.90 Å². The Bertz CT molecular complexity index is 639. The summed E-state index contributed by atoms with van der Waals surface area (Å²) in [6, 6.07) is 15.1. The number of hydrogen-bond acceptors (Lipinski definition) is 2.